The lowest BCUT2D eigenvalue weighted by molar-refractivity contribution is -0.147. The number of anilines is 1. The molecule has 0 fully saturated rings. The molecular formula is C28H47N5O5. The summed E-state index contributed by atoms with van der Waals surface area (Å²) in [5.74, 6) is 0.133. The first-order chi connectivity index (χ1) is 17.8. The van der Waals surface area contributed by atoms with Crippen molar-refractivity contribution in [2.45, 2.75) is 93.3 Å². The Labute approximate surface area is 227 Å². The van der Waals surface area contributed by atoms with Crippen LogP contribution in [0.1, 0.15) is 81.1 Å². The number of aliphatic imine (C=N–C) groups is 1. The van der Waals surface area contributed by atoms with Crippen LogP contribution in [0.4, 0.5) is 11.4 Å². The highest BCUT2D eigenvalue weighted by Crippen LogP contribution is 2.20. The van der Waals surface area contributed by atoms with Gasteiger partial charge in [0, 0.05) is 18.5 Å². The van der Waals surface area contributed by atoms with Gasteiger partial charge in [0.15, 0.2) is 6.10 Å². The molecule has 38 heavy (non-hydrogen) atoms. The van der Waals surface area contributed by atoms with Gasteiger partial charge in [-0.15, -0.1) is 0 Å². The summed E-state index contributed by atoms with van der Waals surface area (Å²) in [6.07, 6.45) is 0.167. The van der Waals surface area contributed by atoms with Crippen LogP contribution in [0.15, 0.2) is 29.3 Å². The summed E-state index contributed by atoms with van der Waals surface area (Å²) < 4.78 is 0. The summed E-state index contributed by atoms with van der Waals surface area (Å²) >= 11 is 0. The predicted molar refractivity (Wildman–Crippen MR) is 150 cm³/mol. The molecule has 0 saturated heterocycles. The van der Waals surface area contributed by atoms with Crippen LogP contribution in [0.25, 0.3) is 0 Å². The fraction of sp³-hybridized carbons (Fsp3) is 0.643. The van der Waals surface area contributed by atoms with Gasteiger partial charge >= 0.3 is 0 Å². The van der Waals surface area contributed by atoms with E-state index in [1.54, 1.807) is 24.3 Å². The second kappa shape index (κ2) is 16.8. The zero-order valence-corrected chi connectivity index (χ0v) is 24.2. The van der Waals surface area contributed by atoms with Crippen LogP contribution < -0.4 is 22.0 Å². The first-order valence-corrected chi connectivity index (χ1v) is 13.4. The summed E-state index contributed by atoms with van der Waals surface area (Å²) in [6, 6.07) is 6.90. The van der Waals surface area contributed by atoms with Gasteiger partial charge in [-0.3, -0.25) is 24.1 Å². The summed E-state index contributed by atoms with van der Waals surface area (Å²) in [7, 11) is 0. The maximum Gasteiger partial charge on any atom is 0.256 e. The van der Waals surface area contributed by atoms with E-state index in [-0.39, 0.29) is 47.2 Å². The van der Waals surface area contributed by atoms with Crippen molar-refractivity contribution in [3.8, 4) is 0 Å². The number of rotatable bonds is 16. The van der Waals surface area contributed by atoms with Gasteiger partial charge in [0.1, 0.15) is 11.9 Å². The highest BCUT2D eigenvalue weighted by atomic mass is 16.7. The molecule has 2 atom stereocenters. The summed E-state index contributed by atoms with van der Waals surface area (Å²) in [4.78, 5) is 52.6. The molecule has 0 heterocycles. The van der Waals surface area contributed by atoms with Gasteiger partial charge in [-0.1, -0.05) is 61.5 Å². The second-order valence-electron chi connectivity index (χ2n) is 11.3. The number of carbonyl (C=O) groups excluding carboxylic acids is 3. The van der Waals surface area contributed by atoms with E-state index in [9.17, 15) is 14.4 Å². The molecule has 214 valence electrons. The molecule has 10 nitrogen and oxygen atoms in total. The van der Waals surface area contributed by atoms with Crippen molar-refractivity contribution in [1.82, 2.24) is 11.0 Å². The van der Waals surface area contributed by atoms with Crippen LogP contribution >= 0.6 is 0 Å². The highest BCUT2D eigenvalue weighted by Gasteiger charge is 2.23. The summed E-state index contributed by atoms with van der Waals surface area (Å²) in [6.45, 7) is 15.8. The average molecular weight is 534 g/mol. The Kier molecular flexibility index (Phi) is 14.6. The molecule has 0 aromatic heterocycles. The zero-order valence-electron chi connectivity index (χ0n) is 24.2. The van der Waals surface area contributed by atoms with Crippen molar-refractivity contribution in [2.75, 3.05) is 5.32 Å². The predicted octanol–water partition coefficient (Wildman–Crippen LogP) is 4.63. The molecule has 0 aliphatic carbocycles. The number of hydrogen-bond donors (Lipinski definition) is 4. The lowest BCUT2D eigenvalue weighted by Gasteiger charge is -2.20. The van der Waals surface area contributed by atoms with Gasteiger partial charge in [0.05, 0.1) is 5.69 Å². The molecule has 1 aromatic carbocycles. The molecule has 10 heteroatoms. The smallest absolute Gasteiger partial charge is 0.256 e. The number of hydroxylamine groups is 2. The minimum Gasteiger partial charge on any atom is -0.385 e. The molecule has 3 amide bonds. The standard InChI is InChI=1S/C28H47N5O5/c1-17(2)12-23(37-32-25(34)14-19(5)6)27(29)30-21-10-9-11-22(16-21)31-28(36)24(13-18(3)4)38-33-26(35)15-20(7)8/h9-11,16-20,23-24H,12-15H2,1-8H3,(H2,29,30)(H,31,36)(H,32,34)(H,33,35)/t23-,24-/m1/s1. The second-order valence-corrected chi connectivity index (χ2v) is 11.3. The Hall–Kier alpha value is -2.98. The lowest BCUT2D eigenvalue weighted by Crippen LogP contribution is -2.39. The topological polar surface area (TPSA) is 144 Å². The number of nitrogens with zero attached hydrogens (tertiary/aromatic N) is 1. The van der Waals surface area contributed by atoms with Crippen LogP contribution in [0, 0.1) is 23.7 Å². The van der Waals surface area contributed by atoms with Crippen LogP contribution in [-0.4, -0.2) is 35.8 Å². The van der Waals surface area contributed by atoms with E-state index in [1.165, 1.54) is 0 Å². The maximum atomic E-state index is 13.0. The van der Waals surface area contributed by atoms with Gasteiger partial charge in [-0.25, -0.2) is 16.0 Å². The van der Waals surface area contributed by atoms with Crippen LogP contribution in [0.2, 0.25) is 0 Å². The van der Waals surface area contributed by atoms with Crippen molar-refractivity contribution in [3.63, 3.8) is 0 Å². The Morgan fingerprint density at radius 2 is 1.29 bits per heavy atom. The number of carbonyl (C=O) groups is 3. The van der Waals surface area contributed by atoms with Crippen molar-refractivity contribution in [2.24, 2.45) is 34.4 Å². The number of amidine groups is 1. The van der Waals surface area contributed by atoms with Gasteiger partial charge in [0.2, 0.25) is 11.8 Å². The minimum absolute atomic E-state index is 0.169. The quantitative estimate of drug-likeness (QED) is 0.139. The highest BCUT2D eigenvalue weighted by molar-refractivity contribution is 5.95. The molecule has 0 aliphatic heterocycles. The van der Waals surface area contributed by atoms with E-state index in [0.717, 1.165) is 0 Å². The van der Waals surface area contributed by atoms with E-state index in [1.807, 2.05) is 55.4 Å². The van der Waals surface area contributed by atoms with E-state index < -0.39 is 12.2 Å². The van der Waals surface area contributed by atoms with Crippen molar-refractivity contribution in [1.29, 1.82) is 0 Å². The SMILES string of the molecule is CC(C)CC(=O)NO[C@H](CC(C)C)C(=O)Nc1cccc(N=C(N)[C@@H](CC(C)C)ONC(=O)CC(C)C)c1. The Morgan fingerprint density at radius 1 is 0.789 bits per heavy atom. The molecule has 0 saturated carbocycles. The fourth-order valence-electron chi connectivity index (χ4n) is 3.49. The maximum absolute atomic E-state index is 13.0. The first kappa shape index (κ1) is 33.0. The first-order valence-electron chi connectivity index (χ1n) is 13.4. The molecular weight excluding hydrogens is 486 g/mol. The molecule has 0 spiro atoms. The van der Waals surface area contributed by atoms with Crippen LogP contribution in [0.3, 0.4) is 0 Å². The molecule has 1 aromatic rings. The zero-order chi connectivity index (χ0) is 28.8. The van der Waals surface area contributed by atoms with Gasteiger partial charge in [-0.05, 0) is 54.7 Å². The number of nitrogens with two attached hydrogens (primary N) is 1. The minimum atomic E-state index is -0.860. The number of hydrogen-bond acceptors (Lipinski definition) is 6. The van der Waals surface area contributed by atoms with Crippen LogP contribution in [0.5, 0.6) is 0 Å². The normalized spacial score (nSPS) is 13.6. The molecule has 0 bridgehead atoms. The van der Waals surface area contributed by atoms with Gasteiger partial charge in [-0.2, -0.15) is 0 Å². The Bertz CT molecular complexity index is 930. The number of nitrogens with one attached hydrogen (secondary N) is 3. The largest absolute Gasteiger partial charge is 0.385 e. The monoisotopic (exact) mass is 533 g/mol. The van der Waals surface area contributed by atoms with E-state index in [4.69, 9.17) is 15.4 Å². The fourth-order valence-corrected chi connectivity index (χ4v) is 3.49. The molecule has 0 aliphatic rings. The molecule has 0 radical (unpaired) electrons. The summed E-state index contributed by atoms with van der Waals surface area (Å²) in [5.41, 5.74) is 12.2. The molecule has 0 unspecified atom stereocenters. The third-order valence-corrected chi connectivity index (χ3v) is 5.18. The van der Waals surface area contributed by atoms with Crippen LogP contribution in [-0.2, 0) is 24.1 Å². The van der Waals surface area contributed by atoms with E-state index in [0.29, 0.717) is 37.1 Å². The van der Waals surface area contributed by atoms with E-state index >= 15 is 0 Å². The average Bonchev–Trinajstić information content (AvgIpc) is 2.78. The van der Waals surface area contributed by atoms with E-state index in [2.05, 4.69) is 21.3 Å². The third-order valence-electron chi connectivity index (χ3n) is 5.18. The summed E-state index contributed by atoms with van der Waals surface area (Å²) in [5, 5.41) is 2.83. The number of amides is 3. The molecule has 1 rings (SSSR count). The Morgan fingerprint density at radius 3 is 1.79 bits per heavy atom. The van der Waals surface area contributed by atoms with Crippen molar-refractivity contribution < 1.29 is 24.1 Å². The lowest BCUT2D eigenvalue weighted by atomic mass is 10.1. The van der Waals surface area contributed by atoms with Crippen molar-refractivity contribution >= 4 is 34.9 Å². The van der Waals surface area contributed by atoms with Gasteiger partial charge < -0.3 is 11.1 Å². The Balaban J connectivity index is 2.95. The van der Waals surface area contributed by atoms with Crippen molar-refractivity contribution in [3.05, 3.63) is 24.3 Å². The number of benzene rings is 1. The third kappa shape index (κ3) is 14.1. The molecule has 5 N–H and O–H groups in total. The van der Waals surface area contributed by atoms with Gasteiger partial charge in [0.25, 0.3) is 5.91 Å².